The molecule has 1 heterocycles. The Kier molecular flexibility index (Phi) is 3.82. The van der Waals surface area contributed by atoms with E-state index < -0.39 is 15.4 Å². The van der Waals surface area contributed by atoms with Crippen molar-refractivity contribution in [3.63, 3.8) is 0 Å². The van der Waals surface area contributed by atoms with Crippen molar-refractivity contribution in [3.8, 4) is 0 Å². The summed E-state index contributed by atoms with van der Waals surface area (Å²) in [7, 11) is -3.70. The summed E-state index contributed by atoms with van der Waals surface area (Å²) in [5.74, 6) is -0.0969. The molecule has 142 valence electrons. The van der Waals surface area contributed by atoms with E-state index in [-0.39, 0.29) is 34.7 Å². The Bertz CT molecular complexity index is 879. The van der Waals surface area contributed by atoms with Gasteiger partial charge in [0, 0.05) is 12.5 Å². The number of halogens is 1. The summed E-state index contributed by atoms with van der Waals surface area (Å²) in [5.41, 5.74) is 0.222. The Morgan fingerprint density at radius 1 is 1.27 bits per heavy atom. The monoisotopic (exact) mass is 379 g/mol. The van der Waals surface area contributed by atoms with Crippen LogP contribution >= 0.6 is 0 Å². The van der Waals surface area contributed by atoms with Crippen LogP contribution in [0.2, 0.25) is 0 Å². The number of hydrogen-bond donors (Lipinski definition) is 0. The van der Waals surface area contributed by atoms with Crippen molar-refractivity contribution in [1.29, 1.82) is 0 Å². The Hall–Kier alpha value is -1.43. The molecule has 2 saturated carbocycles. The largest absolute Gasteiger partial charge is 0.299 e. The highest BCUT2D eigenvalue weighted by molar-refractivity contribution is 7.92. The van der Waals surface area contributed by atoms with E-state index in [2.05, 4.69) is 0 Å². The van der Waals surface area contributed by atoms with Gasteiger partial charge in [-0.1, -0.05) is 13.8 Å². The minimum Gasteiger partial charge on any atom is -0.299 e. The number of hydrogen-bond acceptors (Lipinski definition) is 3. The van der Waals surface area contributed by atoms with E-state index in [1.54, 1.807) is 6.07 Å². The molecule has 1 aromatic rings. The van der Waals surface area contributed by atoms with Crippen molar-refractivity contribution in [3.05, 3.63) is 29.6 Å². The van der Waals surface area contributed by atoms with Crippen LogP contribution < -0.4 is 4.31 Å². The standard InChI is InChI=1S/C20H26FNO3S/c1-13-4-5-14-10-16(21)6-7-17(14)22(13)26(24,25)12-20-9-8-15(11-18(20)23)19(20,2)3/h6-7,10,13,15H,4-5,8-9,11-12H2,1-3H3. The van der Waals surface area contributed by atoms with Gasteiger partial charge in [0.15, 0.2) is 0 Å². The summed E-state index contributed by atoms with van der Waals surface area (Å²) in [4.78, 5) is 12.8. The number of ketones is 1. The van der Waals surface area contributed by atoms with Gasteiger partial charge in [0.25, 0.3) is 0 Å². The number of aryl methyl sites for hydroxylation is 1. The lowest BCUT2D eigenvalue weighted by Gasteiger charge is -2.41. The first-order valence-electron chi connectivity index (χ1n) is 9.42. The topological polar surface area (TPSA) is 54.5 Å². The average Bonchev–Trinajstić information content (AvgIpc) is 2.88. The van der Waals surface area contributed by atoms with Gasteiger partial charge in [0.05, 0.1) is 16.9 Å². The van der Waals surface area contributed by atoms with Crippen LogP contribution in [0.25, 0.3) is 0 Å². The lowest BCUT2D eigenvalue weighted by Crippen LogP contribution is -2.50. The van der Waals surface area contributed by atoms with Crippen molar-refractivity contribution < 1.29 is 17.6 Å². The summed E-state index contributed by atoms with van der Waals surface area (Å²) in [6.07, 6.45) is 3.40. The molecule has 6 heteroatoms. The number of nitrogens with zero attached hydrogens (tertiary/aromatic N) is 1. The first kappa shape index (κ1) is 18.0. The molecule has 3 aliphatic rings. The average molecular weight is 379 g/mol. The molecular formula is C20H26FNO3S. The Morgan fingerprint density at radius 3 is 2.62 bits per heavy atom. The second-order valence-corrected chi connectivity index (χ2v) is 10.7. The molecule has 2 aliphatic carbocycles. The number of fused-ring (bicyclic) bond motifs is 3. The van der Waals surface area contributed by atoms with Crippen LogP contribution in [0, 0.1) is 22.6 Å². The van der Waals surface area contributed by atoms with Crippen molar-refractivity contribution >= 4 is 21.5 Å². The van der Waals surface area contributed by atoms with E-state index in [9.17, 15) is 17.6 Å². The second kappa shape index (κ2) is 5.54. The van der Waals surface area contributed by atoms with Crippen molar-refractivity contribution in [2.24, 2.45) is 16.7 Å². The number of carbonyl (C=O) groups excluding carboxylic acids is 1. The molecule has 2 fully saturated rings. The molecule has 2 bridgehead atoms. The molecule has 0 amide bonds. The summed E-state index contributed by atoms with van der Waals surface area (Å²) < 4.78 is 42.0. The molecule has 0 aromatic heterocycles. The van der Waals surface area contributed by atoms with Crippen LogP contribution in [0.5, 0.6) is 0 Å². The molecule has 0 N–H and O–H groups in total. The molecule has 1 aliphatic heterocycles. The van der Waals surface area contributed by atoms with Crippen LogP contribution in [0.1, 0.15) is 52.0 Å². The lowest BCUT2D eigenvalue weighted by atomic mass is 9.70. The SMILES string of the molecule is CC1CCc2cc(F)ccc2N1S(=O)(=O)CC12CCC(CC1=O)C2(C)C. The molecule has 4 rings (SSSR count). The maximum Gasteiger partial charge on any atom is 0.236 e. The maximum atomic E-state index is 13.6. The van der Waals surface area contributed by atoms with Gasteiger partial charge in [-0.05, 0) is 67.7 Å². The molecule has 3 atom stereocenters. The van der Waals surface area contributed by atoms with E-state index in [1.807, 2.05) is 20.8 Å². The number of benzene rings is 1. The predicted molar refractivity (Wildman–Crippen MR) is 99.0 cm³/mol. The van der Waals surface area contributed by atoms with Crippen molar-refractivity contribution in [2.45, 2.75) is 58.9 Å². The number of sulfonamides is 1. The summed E-state index contributed by atoms with van der Waals surface area (Å²) in [6.45, 7) is 5.99. The third-order valence-corrected chi connectivity index (χ3v) is 9.39. The molecule has 26 heavy (non-hydrogen) atoms. The zero-order valence-electron chi connectivity index (χ0n) is 15.6. The number of carbonyl (C=O) groups is 1. The van der Waals surface area contributed by atoms with Gasteiger partial charge in [-0.25, -0.2) is 12.8 Å². The second-order valence-electron chi connectivity index (χ2n) is 8.88. The normalized spacial score (nSPS) is 32.8. The minimum absolute atomic E-state index is 0.103. The molecular weight excluding hydrogens is 353 g/mol. The summed E-state index contributed by atoms with van der Waals surface area (Å²) in [6, 6.07) is 4.12. The van der Waals surface area contributed by atoms with Gasteiger partial charge in [0.2, 0.25) is 10.0 Å². The van der Waals surface area contributed by atoms with E-state index >= 15 is 0 Å². The number of anilines is 1. The lowest BCUT2D eigenvalue weighted by molar-refractivity contribution is -0.128. The van der Waals surface area contributed by atoms with Crippen LogP contribution in [0.3, 0.4) is 0 Å². The fourth-order valence-electron chi connectivity index (χ4n) is 5.60. The molecule has 0 radical (unpaired) electrons. The predicted octanol–water partition coefficient (Wildman–Crippen LogP) is 3.69. The molecule has 0 spiro atoms. The Morgan fingerprint density at radius 2 is 2.00 bits per heavy atom. The van der Waals surface area contributed by atoms with E-state index in [0.29, 0.717) is 31.4 Å². The highest BCUT2D eigenvalue weighted by Crippen LogP contribution is 2.64. The first-order valence-corrected chi connectivity index (χ1v) is 11.0. The van der Waals surface area contributed by atoms with Crippen LogP contribution in [-0.4, -0.2) is 26.0 Å². The number of Topliss-reactive ketones (excluding diaryl/α,β-unsaturated/α-hetero) is 1. The fraction of sp³-hybridized carbons (Fsp3) is 0.650. The van der Waals surface area contributed by atoms with Crippen LogP contribution in [-0.2, 0) is 21.2 Å². The van der Waals surface area contributed by atoms with Crippen molar-refractivity contribution in [1.82, 2.24) is 0 Å². The van der Waals surface area contributed by atoms with Gasteiger partial charge < -0.3 is 0 Å². The Labute approximate surface area is 154 Å². The third-order valence-electron chi connectivity index (χ3n) is 7.38. The van der Waals surface area contributed by atoms with Gasteiger partial charge in [-0.15, -0.1) is 0 Å². The van der Waals surface area contributed by atoms with Gasteiger partial charge in [0.1, 0.15) is 11.6 Å². The quantitative estimate of drug-likeness (QED) is 0.805. The van der Waals surface area contributed by atoms with Crippen LogP contribution in [0.15, 0.2) is 18.2 Å². The number of rotatable bonds is 3. The fourth-order valence-corrected chi connectivity index (χ4v) is 8.17. The highest BCUT2D eigenvalue weighted by Gasteiger charge is 2.65. The molecule has 1 aromatic carbocycles. The zero-order valence-corrected chi connectivity index (χ0v) is 16.4. The first-order chi connectivity index (χ1) is 12.1. The zero-order chi connectivity index (χ0) is 18.9. The van der Waals surface area contributed by atoms with Gasteiger partial charge in [-0.2, -0.15) is 0 Å². The molecule has 0 saturated heterocycles. The molecule has 3 unspecified atom stereocenters. The third kappa shape index (κ3) is 2.30. The van der Waals surface area contributed by atoms with Crippen molar-refractivity contribution in [2.75, 3.05) is 10.1 Å². The van der Waals surface area contributed by atoms with Crippen LogP contribution in [0.4, 0.5) is 10.1 Å². The van der Waals surface area contributed by atoms with E-state index in [1.165, 1.54) is 16.4 Å². The summed E-state index contributed by atoms with van der Waals surface area (Å²) in [5, 5.41) is 0. The Balaban J connectivity index is 1.75. The minimum atomic E-state index is -3.70. The van der Waals surface area contributed by atoms with E-state index in [0.717, 1.165) is 12.0 Å². The maximum absolute atomic E-state index is 13.6. The summed E-state index contributed by atoms with van der Waals surface area (Å²) >= 11 is 0. The highest BCUT2D eigenvalue weighted by atomic mass is 32.2. The molecule has 4 nitrogen and oxygen atoms in total. The van der Waals surface area contributed by atoms with E-state index in [4.69, 9.17) is 0 Å². The van der Waals surface area contributed by atoms with Gasteiger partial charge >= 0.3 is 0 Å². The smallest absolute Gasteiger partial charge is 0.236 e. The van der Waals surface area contributed by atoms with Gasteiger partial charge in [-0.3, -0.25) is 9.10 Å².